The molecular weight excluding hydrogens is 428 g/mol. The van der Waals surface area contributed by atoms with Gasteiger partial charge in [-0.3, -0.25) is 9.89 Å². The maximum atomic E-state index is 12.1. The first-order chi connectivity index (χ1) is 16.6. The number of carbonyl (C=O) groups is 1. The summed E-state index contributed by atoms with van der Waals surface area (Å²) in [6, 6.07) is 18.2. The molecule has 4 aromatic rings. The van der Waals surface area contributed by atoms with Gasteiger partial charge in [0, 0.05) is 41.5 Å². The molecule has 5 rings (SSSR count). The lowest BCUT2D eigenvalue weighted by Gasteiger charge is -2.32. The Morgan fingerprint density at radius 2 is 1.91 bits per heavy atom. The van der Waals surface area contributed by atoms with Gasteiger partial charge in [0.05, 0.1) is 18.0 Å². The summed E-state index contributed by atoms with van der Waals surface area (Å²) in [5.74, 6) is 1.98. The summed E-state index contributed by atoms with van der Waals surface area (Å²) in [7, 11) is 0. The number of benzene rings is 2. The van der Waals surface area contributed by atoms with Crippen LogP contribution in [0.15, 0.2) is 54.6 Å². The maximum Gasteiger partial charge on any atom is 0.309 e. The molecule has 1 aliphatic heterocycles. The topological polar surface area (TPSA) is 96.0 Å². The third-order valence-corrected chi connectivity index (χ3v) is 6.14. The molecule has 2 N–H and O–H groups in total. The molecule has 0 aliphatic carbocycles. The first-order valence-corrected chi connectivity index (χ1v) is 11.7. The van der Waals surface area contributed by atoms with E-state index < -0.39 is 0 Å². The number of rotatable bonds is 6. The zero-order valence-electron chi connectivity index (χ0n) is 19.4. The lowest BCUT2D eigenvalue weighted by Crippen LogP contribution is -2.36. The third kappa shape index (κ3) is 4.57. The van der Waals surface area contributed by atoms with Crippen LogP contribution in [-0.4, -0.2) is 45.8 Å². The summed E-state index contributed by atoms with van der Waals surface area (Å²) >= 11 is 0. The van der Waals surface area contributed by atoms with Crippen molar-refractivity contribution in [3.8, 4) is 11.4 Å². The highest BCUT2D eigenvalue weighted by atomic mass is 16.5. The fraction of sp³-hybridized carbons (Fsp3) is 0.308. The van der Waals surface area contributed by atoms with Gasteiger partial charge < -0.3 is 15.0 Å². The van der Waals surface area contributed by atoms with Gasteiger partial charge in [0.15, 0.2) is 11.6 Å². The van der Waals surface area contributed by atoms with Crippen molar-refractivity contribution >= 4 is 34.2 Å². The quantitative estimate of drug-likeness (QED) is 0.400. The lowest BCUT2D eigenvalue weighted by molar-refractivity contribution is -0.148. The second-order valence-corrected chi connectivity index (χ2v) is 8.54. The van der Waals surface area contributed by atoms with Crippen LogP contribution in [0.25, 0.3) is 22.3 Å². The number of ether oxygens (including phenoxy) is 1. The molecular formula is C26H28N6O2. The Morgan fingerprint density at radius 1 is 1.12 bits per heavy atom. The summed E-state index contributed by atoms with van der Waals surface area (Å²) < 4.78 is 5.21. The fourth-order valence-corrected chi connectivity index (χ4v) is 4.36. The molecule has 1 fully saturated rings. The van der Waals surface area contributed by atoms with Crippen molar-refractivity contribution in [2.75, 3.05) is 29.9 Å². The van der Waals surface area contributed by atoms with Gasteiger partial charge in [0.1, 0.15) is 5.82 Å². The van der Waals surface area contributed by atoms with Crippen molar-refractivity contribution < 1.29 is 9.53 Å². The summed E-state index contributed by atoms with van der Waals surface area (Å²) in [4.78, 5) is 24.1. The number of piperidine rings is 1. The van der Waals surface area contributed by atoms with Gasteiger partial charge in [-0.05, 0) is 44.9 Å². The molecule has 2 aromatic carbocycles. The molecule has 8 heteroatoms. The zero-order valence-corrected chi connectivity index (χ0v) is 19.4. The number of H-pyrrole nitrogens is 1. The number of fused-ring (bicyclic) bond motifs is 1. The molecule has 0 unspecified atom stereocenters. The van der Waals surface area contributed by atoms with E-state index >= 15 is 0 Å². The molecule has 3 heterocycles. The van der Waals surface area contributed by atoms with Gasteiger partial charge in [0.2, 0.25) is 0 Å². The fourth-order valence-electron chi connectivity index (χ4n) is 4.36. The van der Waals surface area contributed by atoms with Crippen LogP contribution in [0.2, 0.25) is 0 Å². The zero-order chi connectivity index (χ0) is 23.5. The van der Waals surface area contributed by atoms with Crippen molar-refractivity contribution in [2.24, 2.45) is 5.92 Å². The SMILES string of the molecule is CCOC(=O)C1CCN(c2ccc3c(Nc4cc(C)[nH]n4)nc(-c4ccccc4)nc3c2)CC1. The molecule has 0 radical (unpaired) electrons. The molecule has 1 aliphatic rings. The second kappa shape index (κ2) is 9.51. The minimum Gasteiger partial charge on any atom is -0.466 e. The van der Waals surface area contributed by atoms with Crippen LogP contribution in [0.4, 0.5) is 17.3 Å². The maximum absolute atomic E-state index is 12.1. The van der Waals surface area contributed by atoms with E-state index in [4.69, 9.17) is 14.7 Å². The van der Waals surface area contributed by atoms with Gasteiger partial charge >= 0.3 is 5.97 Å². The Labute approximate surface area is 198 Å². The Balaban J connectivity index is 1.48. The van der Waals surface area contributed by atoms with Gasteiger partial charge in [-0.25, -0.2) is 9.97 Å². The molecule has 0 saturated carbocycles. The largest absolute Gasteiger partial charge is 0.466 e. The average molecular weight is 457 g/mol. The minimum absolute atomic E-state index is 0.0169. The van der Waals surface area contributed by atoms with Gasteiger partial charge in [-0.2, -0.15) is 5.10 Å². The molecule has 2 aromatic heterocycles. The van der Waals surface area contributed by atoms with Crippen molar-refractivity contribution in [3.05, 3.63) is 60.3 Å². The van der Waals surface area contributed by atoms with Crippen molar-refractivity contribution in [1.82, 2.24) is 20.2 Å². The van der Waals surface area contributed by atoms with E-state index in [0.29, 0.717) is 24.1 Å². The Bertz CT molecular complexity index is 1300. The van der Waals surface area contributed by atoms with Crippen LogP contribution in [-0.2, 0) is 9.53 Å². The number of hydrogen-bond acceptors (Lipinski definition) is 7. The highest BCUT2D eigenvalue weighted by molar-refractivity contribution is 5.94. The normalized spacial score (nSPS) is 14.4. The number of carbonyl (C=O) groups excluding carboxylic acids is 1. The number of nitrogens with one attached hydrogen (secondary N) is 2. The van der Waals surface area contributed by atoms with Crippen LogP contribution < -0.4 is 10.2 Å². The molecule has 174 valence electrons. The van der Waals surface area contributed by atoms with E-state index in [1.54, 1.807) is 0 Å². The first kappa shape index (κ1) is 21.9. The van der Waals surface area contributed by atoms with Crippen molar-refractivity contribution in [3.63, 3.8) is 0 Å². The third-order valence-electron chi connectivity index (χ3n) is 6.14. The van der Waals surface area contributed by atoms with Gasteiger partial charge in [0.25, 0.3) is 0 Å². The number of aryl methyl sites for hydroxylation is 1. The van der Waals surface area contributed by atoms with Crippen LogP contribution >= 0.6 is 0 Å². The second-order valence-electron chi connectivity index (χ2n) is 8.54. The van der Waals surface area contributed by atoms with Crippen LogP contribution in [0.3, 0.4) is 0 Å². The lowest BCUT2D eigenvalue weighted by atomic mass is 9.96. The average Bonchev–Trinajstić information content (AvgIpc) is 3.28. The van der Waals surface area contributed by atoms with Crippen molar-refractivity contribution in [1.29, 1.82) is 0 Å². The summed E-state index contributed by atoms with van der Waals surface area (Å²) in [5.41, 5.74) is 3.87. The van der Waals surface area contributed by atoms with E-state index in [1.807, 2.05) is 50.2 Å². The first-order valence-electron chi connectivity index (χ1n) is 11.7. The predicted molar refractivity (Wildman–Crippen MR) is 133 cm³/mol. The van der Waals surface area contributed by atoms with E-state index in [2.05, 4.69) is 38.6 Å². The molecule has 8 nitrogen and oxygen atoms in total. The molecule has 0 amide bonds. The molecule has 0 atom stereocenters. The molecule has 0 spiro atoms. The highest BCUT2D eigenvalue weighted by Crippen LogP contribution is 2.31. The Hall–Kier alpha value is -3.94. The smallest absolute Gasteiger partial charge is 0.309 e. The number of aromatic amines is 1. The predicted octanol–water partition coefficient (Wildman–Crippen LogP) is 4.85. The molecule has 1 saturated heterocycles. The Morgan fingerprint density at radius 3 is 2.62 bits per heavy atom. The number of nitrogens with zero attached hydrogens (tertiary/aromatic N) is 4. The summed E-state index contributed by atoms with van der Waals surface area (Å²) in [6.45, 7) is 5.86. The van der Waals surface area contributed by atoms with Crippen LogP contribution in [0, 0.1) is 12.8 Å². The van der Waals surface area contributed by atoms with Crippen molar-refractivity contribution in [2.45, 2.75) is 26.7 Å². The highest BCUT2D eigenvalue weighted by Gasteiger charge is 2.26. The van der Waals surface area contributed by atoms with Gasteiger partial charge in [-0.1, -0.05) is 30.3 Å². The monoisotopic (exact) mass is 456 g/mol. The molecule has 0 bridgehead atoms. The van der Waals surface area contributed by atoms with Gasteiger partial charge in [-0.15, -0.1) is 0 Å². The number of aromatic nitrogens is 4. The number of esters is 1. The number of hydrogen-bond donors (Lipinski definition) is 2. The standard InChI is InChI=1S/C26H28N6O2/c1-3-34-26(33)19-11-13-32(14-12-19)20-9-10-21-22(16-20)27-24(18-7-5-4-6-8-18)29-25(21)28-23-15-17(2)30-31-23/h4-10,15-16,19H,3,11-14H2,1-2H3,(H2,27,28,29,30,31). The Kier molecular flexibility index (Phi) is 6.12. The van der Waals surface area contributed by atoms with E-state index in [9.17, 15) is 4.79 Å². The van der Waals surface area contributed by atoms with Crippen LogP contribution in [0.5, 0.6) is 0 Å². The number of anilines is 3. The molecule has 34 heavy (non-hydrogen) atoms. The summed E-state index contributed by atoms with van der Waals surface area (Å²) in [5, 5.41) is 11.5. The van der Waals surface area contributed by atoms with E-state index in [1.165, 1.54) is 0 Å². The minimum atomic E-state index is -0.0785. The van der Waals surface area contributed by atoms with E-state index in [-0.39, 0.29) is 11.9 Å². The summed E-state index contributed by atoms with van der Waals surface area (Å²) in [6.07, 6.45) is 1.59. The van der Waals surface area contributed by atoms with E-state index in [0.717, 1.165) is 53.8 Å². The van der Waals surface area contributed by atoms with Crippen LogP contribution in [0.1, 0.15) is 25.5 Å².